The average molecular weight is 290 g/mol. The number of nitrogen functional groups attached to an aromatic ring is 1. The van der Waals surface area contributed by atoms with Gasteiger partial charge in [0.25, 0.3) is 0 Å². The molecule has 54 valence electrons. The lowest BCUT2D eigenvalue weighted by atomic mass is 10.5. The zero-order chi connectivity index (χ0) is 7.72. The number of anilines is 1. The maximum atomic E-state index is 5.57. The SMILES string of the molecule is Nc1c(Cl)nnc(Cl)c1I. The van der Waals surface area contributed by atoms with Crippen molar-refractivity contribution in [3.8, 4) is 0 Å². The van der Waals surface area contributed by atoms with Crippen LogP contribution in [0.1, 0.15) is 0 Å². The summed E-state index contributed by atoms with van der Waals surface area (Å²) in [4.78, 5) is 0. The third kappa shape index (κ3) is 1.43. The second-order valence-corrected chi connectivity index (χ2v) is 3.30. The van der Waals surface area contributed by atoms with Gasteiger partial charge in [-0.05, 0) is 22.6 Å². The predicted molar refractivity (Wildman–Crippen MR) is 49.2 cm³/mol. The molecule has 0 saturated carbocycles. The first-order valence-corrected chi connectivity index (χ1v) is 4.09. The van der Waals surface area contributed by atoms with Crippen LogP contribution in [0.3, 0.4) is 0 Å². The molecular formula is C4H2Cl2IN3. The first kappa shape index (κ1) is 8.29. The molecule has 0 atom stereocenters. The summed E-state index contributed by atoms with van der Waals surface area (Å²) in [5, 5.41) is 7.50. The second-order valence-electron chi connectivity index (χ2n) is 1.51. The summed E-state index contributed by atoms with van der Waals surface area (Å²) < 4.78 is 0.638. The van der Waals surface area contributed by atoms with Crippen molar-refractivity contribution in [3.05, 3.63) is 13.9 Å². The molecule has 0 bridgehead atoms. The standard InChI is InChI=1S/C4H2Cl2IN3/c5-3-1(7)2(8)4(6)10-9-3/h(H2,8,9). The number of aromatic nitrogens is 2. The van der Waals surface area contributed by atoms with Crippen molar-refractivity contribution < 1.29 is 0 Å². The lowest BCUT2D eigenvalue weighted by Crippen LogP contribution is -1.96. The Labute approximate surface area is 81.0 Å². The molecule has 6 heteroatoms. The van der Waals surface area contributed by atoms with Gasteiger partial charge in [-0.1, -0.05) is 23.2 Å². The lowest BCUT2D eigenvalue weighted by Gasteiger charge is -1.98. The number of nitrogens with zero attached hydrogens (tertiary/aromatic N) is 2. The summed E-state index contributed by atoms with van der Waals surface area (Å²) in [5.74, 6) is 0. The topological polar surface area (TPSA) is 51.8 Å². The van der Waals surface area contributed by atoms with Gasteiger partial charge in [-0.2, -0.15) is 0 Å². The highest BCUT2D eigenvalue weighted by Crippen LogP contribution is 2.25. The van der Waals surface area contributed by atoms with Gasteiger partial charge in [-0.3, -0.25) is 0 Å². The van der Waals surface area contributed by atoms with Gasteiger partial charge in [0.15, 0.2) is 10.3 Å². The highest BCUT2D eigenvalue weighted by atomic mass is 127. The molecule has 0 aromatic carbocycles. The fourth-order valence-electron chi connectivity index (χ4n) is 0.387. The average Bonchev–Trinajstić information content (AvgIpc) is 1.93. The molecule has 1 aromatic heterocycles. The molecule has 0 spiro atoms. The minimum atomic E-state index is 0.189. The van der Waals surface area contributed by atoms with Gasteiger partial charge in [0.05, 0.1) is 9.26 Å². The van der Waals surface area contributed by atoms with Crippen LogP contribution in [-0.4, -0.2) is 10.2 Å². The third-order valence-electron chi connectivity index (χ3n) is 0.865. The molecule has 10 heavy (non-hydrogen) atoms. The van der Waals surface area contributed by atoms with Gasteiger partial charge >= 0.3 is 0 Å². The van der Waals surface area contributed by atoms with E-state index in [1.54, 1.807) is 0 Å². The zero-order valence-electron chi connectivity index (χ0n) is 4.61. The van der Waals surface area contributed by atoms with E-state index in [0.29, 0.717) is 9.26 Å². The van der Waals surface area contributed by atoms with Crippen LogP contribution in [0, 0.1) is 3.57 Å². The van der Waals surface area contributed by atoms with E-state index in [4.69, 9.17) is 28.9 Å². The fraction of sp³-hybridized carbons (Fsp3) is 0. The molecular weight excluding hydrogens is 288 g/mol. The van der Waals surface area contributed by atoms with E-state index < -0.39 is 0 Å². The molecule has 0 radical (unpaired) electrons. The Bertz CT molecular complexity index is 238. The molecule has 1 aromatic rings. The van der Waals surface area contributed by atoms with E-state index in [1.807, 2.05) is 22.6 Å². The minimum absolute atomic E-state index is 0.189. The summed E-state index contributed by atoms with van der Waals surface area (Å²) in [6, 6.07) is 0. The Morgan fingerprint density at radius 1 is 1.20 bits per heavy atom. The van der Waals surface area contributed by atoms with Crippen LogP contribution in [0.5, 0.6) is 0 Å². The van der Waals surface area contributed by atoms with Crippen LogP contribution in [0.4, 0.5) is 5.69 Å². The van der Waals surface area contributed by atoms with Crippen molar-refractivity contribution in [1.82, 2.24) is 10.2 Å². The summed E-state index contributed by atoms with van der Waals surface area (Å²) in [5.41, 5.74) is 5.83. The normalized spacial score (nSPS) is 9.90. The van der Waals surface area contributed by atoms with Crippen molar-refractivity contribution in [2.75, 3.05) is 5.73 Å². The molecule has 1 heterocycles. The Kier molecular flexibility index (Phi) is 2.54. The Hall–Kier alpha value is 0.190. The zero-order valence-corrected chi connectivity index (χ0v) is 8.28. The van der Waals surface area contributed by atoms with E-state index in [1.165, 1.54) is 0 Å². The molecule has 0 saturated heterocycles. The molecule has 0 unspecified atom stereocenters. The molecule has 3 nitrogen and oxygen atoms in total. The Morgan fingerprint density at radius 2 is 1.70 bits per heavy atom. The van der Waals surface area contributed by atoms with Gasteiger partial charge in [0.1, 0.15) is 0 Å². The quantitative estimate of drug-likeness (QED) is 0.743. The second kappa shape index (κ2) is 3.06. The summed E-state index contributed by atoms with van der Waals surface area (Å²) in [7, 11) is 0. The van der Waals surface area contributed by atoms with Crippen LogP contribution in [0.2, 0.25) is 10.3 Å². The van der Waals surface area contributed by atoms with Crippen LogP contribution in [0.25, 0.3) is 0 Å². The molecule has 0 aliphatic rings. The Balaban J connectivity index is 3.34. The predicted octanol–water partition coefficient (Wildman–Crippen LogP) is 1.97. The van der Waals surface area contributed by atoms with E-state index in [-0.39, 0.29) is 10.3 Å². The van der Waals surface area contributed by atoms with Crippen molar-refractivity contribution in [2.24, 2.45) is 0 Å². The summed E-state index contributed by atoms with van der Waals surface area (Å²) in [6.07, 6.45) is 0. The molecule has 1 rings (SSSR count). The van der Waals surface area contributed by atoms with Gasteiger partial charge in [-0.15, -0.1) is 10.2 Å². The van der Waals surface area contributed by atoms with E-state index in [9.17, 15) is 0 Å². The maximum absolute atomic E-state index is 5.57. The van der Waals surface area contributed by atoms with Crippen molar-refractivity contribution >= 4 is 51.5 Å². The first-order valence-electron chi connectivity index (χ1n) is 2.25. The van der Waals surface area contributed by atoms with Crippen molar-refractivity contribution in [3.63, 3.8) is 0 Å². The van der Waals surface area contributed by atoms with Gasteiger partial charge in [0, 0.05) is 0 Å². The molecule has 0 aliphatic heterocycles. The summed E-state index contributed by atoms with van der Waals surface area (Å²) in [6.45, 7) is 0. The van der Waals surface area contributed by atoms with Crippen LogP contribution < -0.4 is 5.73 Å². The highest BCUT2D eigenvalue weighted by Gasteiger charge is 2.06. The largest absolute Gasteiger partial charge is 0.395 e. The number of hydrogen-bond donors (Lipinski definition) is 1. The number of nitrogens with two attached hydrogens (primary N) is 1. The lowest BCUT2D eigenvalue weighted by molar-refractivity contribution is 1.03. The highest BCUT2D eigenvalue weighted by molar-refractivity contribution is 14.1. The van der Waals surface area contributed by atoms with Crippen molar-refractivity contribution in [1.29, 1.82) is 0 Å². The molecule has 2 N–H and O–H groups in total. The maximum Gasteiger partial charge on any atom is 0.175 e. The molecule has 0 fully saturated rings. The van der Waals surface area contributed by atoms with Crippen LogP contribution >= 0.6 is 45.8 Å². The monoisotopic (exact) mass is 289 g/mol. The number of halogens is 3. The van der Waals surface area contributed by atoms with E-state index in [2.05, 4.69) is 10.2 Å². The summed E-state index contributed by atoms with van der Waals surface area (Å²) >= 11 is 13.0. The van der Waals surface area contributed by atoms with E-state index >= 15 is 0 Å². The smallest absolute Gasteiger partial charge is 0.175 e. The van der Waals surface area contributed by atoms with Crippen LogP contribution in [0.15, 0.2) is 0 Å². The third-order valence-corrected chi connectivity index (χ3v) is 2.82. The number of rotatable bonds is 0. The van der Waals surface area contributed by atoms with Crippen LogP contribution in [-0.2, 0) is 0 Å². The molecule has 0 aliphatic carbocycles. The molecule has 0 amide bonds. The minimum Gasteiger partial charge on any atom is -0.395 e. The van der Waals surface area contributed by atoms with E-state index in [0.717, 1.165) is 0 Å². The Morgan fingerprint density at radius 3 is 2.20 bits per heavy atom. The fourth-order valence-corrected chi connectivity index (χ4v) is 1.18. The van der Waals surface area contributed by atoms with Gasteiger partial charge < -0.3 is 5.73 Å². The first-order chi connectivity index (χ1) is 4.63. The number of hydrogen-bond acceptors (Lipinski definition) is 3. The van der Waals surface area contributed by atoms with Gasteiger partial charge in [0.2, 0.25) is 0 Å². The van der Waals surface area contributed by atoms with Crippen molar-refractivity contribution in [2.45, 2.75) is 0 Å². The van der Waals surface area contributed by atoms with Gasteiger partial charge in [-0.25, -0.2) is 0 Å².